The first-order valence-electron chi connectivity index (χ1n) is 6.02. The molecule has 18 heavy (non-hydrogen) atoms. The molecule has 0 aliphatic carbocycles. The van der Waals surface area contributed by atoms with Gasteiger partial charge in [-0.05, 0) is 44.0 Å². The Balaban J connectivity index is 2.18. The van der Waals surface area contributed by atoms with E-state index in [0.29, 0.717) is 24.6 Å². The standard InChI is InChI=1S/C13H17ClN2O2/c1-8-4-9(6-15)7-16(8)13(18)10-2-3-12(17)11(14)5-10/h2-3,5,8-9,17H,4,6-7,15H2,1H3. The van der Waals surface area contributed by atoms with E-state index in [-0.39, 0.29) is 22.7 Å². The molecular weight excluding hydrogens is 252 g/mol. The highest BCUT2D eigenvalue weighted by atomic mass is 35.5. The molecule has 1 aliphatic heterocycles. The zero-order chi connectivity index (χ0) is 13.3. The Morgan fingerprint density at radius 3 is 2.89 bits per heavy atom. The summed E-state index contributed by atoms with van der Waals surface area (Å²) in [6.07, 6.45) is 0.939. The van der Waals surface area contributed by atoms with E-state index in [4.69, 9.17) is 17.3 Å². The number of phenols is 1. The number of benzene rings is 1. The maximum absolute atomic E-state index is 12.3. The molecule has 2 rings (SSSR count). The van der Waals surface area contributed by atoms with Crippen LogP contribution >= 0.6 is 11.6 Å². The molecule has 0 radical (unpaired) electrons. The number of carbonyl (C=O) groups excluding carboxylic acids is 1. The van der Waals surface area contributed by atoms with Gasteiger partial charge in [0.2, 0.25) is 0 Å². The summed E-state index contributed by atoms with van der Waals surface area (Å²) in [5.41, 5.74) is 6.15. The number of hydrogen-bond donors (Lipinski definition) is 2. The van der Waals surface area contributed by atoms with Gasteiger partial charge in [-0.25, -0.2) is 0 Å². The van der Waals surface area contributed by atoms with E-state index in [9.17, 15) is 9.90 Å². The second-order valence-electron chi connectivity index (χ2n) is 4.81. The lowest BCUT2D eigenvalue weighted by Gasteiger charge is -2.21. The molecule has 4 nitrogen and oxygen atoms in total. The minimum atomic E-state index is -0.0552. The van der Waals surface area contributed by atoms with Crippen molar-refractivity contribution in [3.63, 3.8) is 0 Å². The largest absolute Gasteiger partial charge is 0.506 e. The van der Waals surface area contributed by atoms with Crippen molar-refractivity contribution in [1.82, 2.24) is 4.90 Å². The molecule has 2 unspecified atom stereocenters. The highest BCUT2D eigenvalue weighted by molar-refractivity contribution is 6.32. The molecule has 1 fully saturated rings. The molecule has 1 saturated heterocycles. The number of phenolic OH excluding ortho intramolecular Hbond substituents is 1. The third-order valence-electron chi connectivity index (χ3n) is 3.45. The van der Waals surface area contributed by atoms with Crippen LogP contribution in [0.1, 0.15) is 23.7 Å². The van der Waals surface area contributed by atoms with E-state index in [1.165, 1.54) is 12.1 Å². The molecule has 5 heteroatoms. The lowest BCUT2D eigenvalue weighted by atomic mass is 10.1. The van der Waals surface area contributed by atoms with Crippen molar-refractivity contribution in [1.29, 1.82) is 0 Å². The van der Waals surface area contributed by atoms with Crippen molar-refractivity contribution in [2.45, 2.75) is 19.4 Å². The van der Waals surface area contributed by atoms with Crippen LogP contribution in [0, 0.1) is 5.92 Å². The van der Waals surface area contributed by atoms with Crippen LogP contribution in [0.4, 0.5) is 0 Å². The normalized spacial score (nSPS) is 23.4. The Labute approximate surface area is 111 Å². The molecule has 1 aliphatic rings. The van der Waals surface area contributed by atoms with Crippen molar-refractivity contribution >= 4 is 17.5 Å². The van der Waals surface area contributed by atoms with Gasteiger partial charge in [0, 0.05) is 18.2 Å². The van der Waals surface area contributed by atoms with Gasteiger partial charge in [0.1, 0.15) is 5.75 Å². The van der Waals surface area contributed by atoms with Crippen molar-refractivity contribution < 1.29 is 9.90 Å². The Morgan fingerprint density at radius 2 is 2.33 bits per heavy atom. The summed E-state index contributed by atoms with van der Waals surface area (Å²) in [6.45, 7) is 3.31. The predicted octanol–water partition coefficient (Wildman–Crippen LogP) is 1.85. The molecule has 2 atom stereocenters. The molecule has 0 spiro atoms. The Bertz CT molecular complexity index is 464. The number of rotatable bonds is 2. The molecule has 1 aromatic rings. The molecule has 0 bridgehead atoms. The zero-order valence-corrected chi connectivity index (χ0v) is 11.0. The van der Waals surface area contributed by atoms with Crippen molar-refractivity contribution in [2.75, 3.05) is 13.1 Å². The molecular formula is C13H17ClN2O2. The third kappa shape index (κ3) is 2.44. The van der Waals surface area contributed by atoms with E-state index in [0.717, 1.165) is 6.42 Å². The highest BCUT2D eigenvalue weighted by Crippen LogP contribution is 2.27. The van der Waals surface area contributed by atoms with Gasteiger partial charge in [-0.2, -0.15) is 0 Å². The number of carbonyl (C=O) groups is 1. The van der Waals surface area contributed by atoms with E-state index in [1.807, 2.05) is 11.8 Å². The molecule has 3 N–H and O–H groups in total. The smallest absolute Gasteiger partial charge is 0.254 e. The molecule has 0 aromatic heterocycles. The fraction of sp³-hybridized carbons (Fsp3) is 0.462. The first kappa shape index (κ1) is 13.2. The van der Waals surface area contributed by atoms with Gasteiger partial charge in [-0.1, -0.05) is 11.6 Å². The summed E-state index contributed by atoms with van der Waals surface area (Å²) < 4.78 is 0. The summed E-state index contributed by atoms with van der Waals surface area (Å²) in [6, 6.07) is 4.73. The van der Waals surface area contributed by atoms with Crippen LogP contribution in [0.5, 0.6) is 5.75 Å². The number of halogens is 1. The number of aromatic hydroxyl groups is 1. The maximum atomic E-state index is 12.3. The lowest BCUT2D eigenvalue weighted by Crippen LogP contribution is -2.34. The van der Waals surface area contributed by atoms with Gasteiger partial charge in [-0.15, -0.1) is 0 Å². The second kappa shape index (κ2) is 5.16. The predicted molar refractivity (Wildman–Crippen MR) is 70.8 cm³/mol. The van der Waals surface area contributed by atoms with Crippen LogP contribution in [-0.4, -0.2) is 35.0 Å². The topological polar surface area (TPSA) is 66.6 Å². The Kier molecular flexibility index (Phi) is 3.78. The summed E-state index contributed by atoms with van der Waals surface area (Å²) in [4.78, 5) is 14.1. The number of nitrogens with zero attached hydrogens (tertiary/aromatic N) is 1. The van der Waals surface area contributed by atoms with Crippen LogP contribution in [0.3, 0.4) is 0 Å². The van der Waals surface area contributed by atoms with Gasteiger partial charge in [-0.3, -0.25) is 4.79 Å². The second-order valence-corrected chi connectivity index (χ2v) is 5.22. The van der Waals surface area contributed by atoms with Gasteiger partial charge in [0.05, 0.1) is 5.02 Å². The minimum Gasteiger partial charge on any atom is -0.506 e. The lowest BCUT2D eigenvalue weighted by molar-refractivity contribution is 0.0743. The van der Waals surface area contributed by atoms with E-state index in [1.54, 1.807) is 6.07 Å². The minimum absolute atomic E-state index is 0.0116. The summed E-state index contributed by atoms with van der Waals surface area (Å²) in [5, 5.41) is 9.55. The molecule has 1 heterocycles. The van der Waals surface area contributed by atoms with Gasteiger partial charge in [0.15, 0.2) is 0 Å². The molecule has 1 aromatic carbocycles. The fourth-order valence-electron chi connectivity index (χ4n) is 2.40. The summed E-state index contributed by atoms with van der Waals surface area (Å²) in [7, 11) is 0. The van der Waals surface area contributed by atoms with Crippen LogP contribution in [0.25, 0.3) is 0 Å². The van der Waals surface area contributed by atoms with Gasteiger partial charge >= 0.3 is 0 Å². The third-order valence-corrected chi connectivity index (χ3v) is 3.75. The van der Waals surface area contributed by atoms with Crippen molar-refractivity contribution in [2.24, 2.45) is 11.7 Å². The maximum Gasteiger partial charge on any atom is 0.254 e. The van der Waals surface area contributed by atoms with Gasteiger partial charge < -0.3 is 15.7 Å². The Hall–Kier alpha value is -1.26. The van der Waals surface area contributed by atoms with Crippen LogP contribution < -0.4 is 5.73 Å². The van der Waals surface area contributed by atoms with E-state index >= 15 is 0 Å². The average molecular weight is 269 g/mol. The first-order chi connectivity index (χ1) is 8.52. The fourth-order valence-corrected chi connectivity index (χ4v) is 2.58. The summed E-state index contributed by atoms with van der Waals surface area (Å²) in [5.74, 6) is 0.305. The van der Waals surface area contributed by atoms with Crippen LogP contribution in [0.15, 0.2) is 18.2 Å². The van der Waals surface area contributed by atoms with E-state index in [2.05, 4.69) is 0 Å². The van der Waals surface area contributed by atoms with Gasteiger partial charge in [0.25, 0.3) is 5.91 Å². The number of hydrogen-bond acceptors (Lipinski definition) is 3. The molecule has 98 valence electrons. The van der Waals surface area contributed by atoms with Crippen molar-refractivity contribution in [3.8, 4) is 5.75 Å². The molecule has 0 saturated carbocycles. The number of likely N-dealkylation sites (tertiary alicyclic amines) is 1. The first-order valence-corrected chi connectivity index (χ1v) is 6.40. The van der Waals surface area contributed by atoms with E-state index < -0.39 is 0 Å². The number of amides is 1. The Morgan fingerprint density at radius 1 is 1.61 bits per heavy atom. The quantitative estimate of drug-likeness (QED) is 0.860. The van der Waals surface area contributed by atoms with Crippen LogP contribution in [0.2, 0.25) is 5.02 Å². The monoisotopic (exact) mass is 268 g/mol. The highest BCUT2D eigenvalue weighted by Gasteiger charge is 2.32. The number of nitrogens with two attached hydrogens (primary N) is 1. The molecule has 1 amide bonds. The van der Waals surface area contributed by atoms with Crippen LogP contribution in [-0.2, 0) is 0 Å². The average Bonchev–Trinajstić information content (AvgIpc) is 2.73. The van der Waals surface area contributed by atoms with Crippen molar-refractivity contribution in [3.05, 3.63) is 28.8 Å². The zero-order valence-electron chi connectivity index (χ0n) is 10.3. The summed E-state index contributed by atoms with van der Waals surface area (Å²) >= 11 is 5.82. The SMILES string of the molecule is CC1CC(CN)CN1C(=O)c1ccc(O)c(Cl)c1.